The number of nitrogens with zero attached hydrogens (tertiary/aromatic N) is 1. The summed E-state index contributed by atoms with van der Waals surface area (Å²) in [5.74, 6) is 0.172. The van der Waals surface area contributed by atoms with E-state index < -0.39 is 18.0 Å². The third-order valence-corrected chi connectivity index (χ3v) is 7.46. The quantitative estimate of drug-likeness (QED) is 0.303. The summed E-state index contributed by atoms with van der Waals surface area (Å²) in [5, 5.41) is 11.3. The van der Waals surface area contributed by atoms with E-state index in [2.05, 4.69) is 4.98 Å². The van der Waals surface area contributed by atoms with E-state index in [1.807, 2.05) is 91.9 Å². The number of ether oxygens (including phenoxy) is 3. The summed E-state index contributed by atoms with van der Waals surface area (Å²) in [6, 6.07) is 27.2. The van der Waals surface area contributed by atoms with E-state index in [0.29, 0.717) is 24.5 Å². The van der Waals surface area contributed by atoms with Gasteiger partial charge in [-0.2, -0.15) is 0 Å². The molecule has 7 nitrogen and oxygen atoms in total. The minimum atomic E-state index is -0.577. The summed E-state index contributed by atoms with van der Waals surface area (Å²) in [7, 11) is 0. The molecule has 2 N–H and O–H groups in total. The zero-order chi connectivity index (χ0) is 26.9. The number of aromatic hydroxyl groups is 1. The summed E-state index contributed by atoms with van der Waals surface area (Å²) in [5.41, 5.74) is 3.14. The number of rotatable bonds is 4. The van der Waals surface area contributed by atoms with Crippen LogP contribution in [0.25, 0.3) is 11.8 Å². The summed E-state index contributed by atoms with van der Waals surface area (Å²) in [4.78, 5) is 15.8. The normalized spacial score (nSPS) is 23.7. The Morgan fingerprint density at radius 2 is 1.64 bits per heavy atom. The van der Waals surface area contributed by atoms with Gasteiger partial charge in [-0.3, -0.25) is 14.3 Å². The minimum Gasteiger partial charge on any atom is -0.494 e. The second kappa shape index (κ2) is 10.6. The average molecular weight is 541 g/mol. The Morgan fingerprint density at radius 1 is 0.974 bits per heavy atom. The molecular formula is C31H28N2O5S. The van der Waals surface area contributed by atoms with Crippen LogP contribution in [0, 0.1) is 17.6 Å². The fraction of sp³-hybridized carbons (Fsp3) is 0.226. The number of aromatic nitrogens is 2. The van der Waals surface area contributed by atoms with Gasteiger partial charge in [-0.05, 0) is 49.3 Å². The van der Waals surface area contributed by atoms with Crippen molar-refractivity contribution in [1.82, 2.24) is 9.55 Å². The molecule has 3 heterocycles. The first-order valence-corrected chi connectivity index (χ1v) is 13.3. The van der Waals surface area contributed by atoms with Crippen LogP contribution in [0.1, 0.15) is 41.1 Å². The van der Waals surface area contributed by atoms with Gasteiger partial charge in [0.25, 0.3) is 5.56 Å². The molecule has 3 aromatic carbocycles. The van der Waals surface area contributed by atoms with Crippen LogP contribution in [-0.4, -0.2) is 27.4 Å². The Labute approximate surface area is 230 Å². The van der Waals surface area contributed by atoms with Crippen molar-refractivity contribution < 1.29 is 19.3 Å². The third kappa shape index (κ3) is 5.06. The highest BCUT2D eigenvalue weighted by molar-refractivity contribution is 7.71. The molecule has 0 spiro atoms. The molecule has 1 unspecified atom stereocenters. The molecule has 2 aliphatic rings. The van der Waals surface area contributed by atoms with Crippen molar-refractivity contribution >= 4 is 18.3 Å². The van der Waals surface area contributed by atoms with Crippen molar-refractivity contribution in [3.05, 3.63) is 128 Å². The smallest absolute Gasteiger partial charge is 0.262 e. The van der Waals surface area contributed by atoms with Gasteiger partial charge in [0.05, 0.1) is 12.3 Å². The number of hydrogen-bond acceptors (Lipinski definition) is 6. The maximum Gasteiger partial charge on any atom is 0.262 e. The number of benzene rings is 3. The minimum absolute atomic E-state index is 0.0150. The van der Waals surface area contributed by atoms with Gasteiger partial charge in [-0.15, -0.1) is 0 Å². The van der Waals surface area contributed by atoms with E-state index in [4.69, 9.17) is 26.4 Å². The highest BCUT2D eigenvalue weighted by Crippen LogP contribution is 2.44. The molecule has 198 valence electrons. The monoisotopic (exact) mass is 540 g/mol. The lowest BCUT2D eigenvalue weighted by Crippen LogP contribution is -2.42. The van der Waals surface area contributed by atoms with Crippen LogP contribution < -0.4 is 5.56 Å². The molecule has 39 heavy (non-hydrogen) atoms. The van der Waals surface area contributed by atoms with E-state index >= 15 is 0 Å². The maximum absolute atomic E-state index is 13.1. The van der Waals surface area contributed by atoms with Gasteiger partial charge in [0.1, 0.15) is 23.5 Å². The van der Waals surface area contributed by atoms with Crippen molar-refractivity contribution in [2.75, 3.05) is 6.61 Å². The van der Waals surface area contributed by atoms with E-state index in [9.17, 15) is 9.90 Å². The summed E-state index contributed by atoms with van der Waals surface area (Å²) in [6.07, 6.45) is 0.951. The topological polar surface area (TPSA) is 85.7 Å². The van der Waals surface area contributed by atoms with Crippen LogP contribution in [0.2, 0.25) is 0 Å². The van der Waals surface area contributed by atoms with Gasteiger partial charge in [-0.25, -0.2) is 0 Å². The van der Waals surface area contributed by atoms with E-state index in [1.54, 1.807) is 6.08 Å². The SMILES string of the molecule is Cc1ccc(-n2c(O)c(C=C3OC(c4ccccc4)C[C@@H]4CO[C@H](c5ccccc5)O[C@H]34)c(=O)[nH]c2=S)cc1. The van der Waals surface area contributed by atoms with Crippen molar-refractivity contribution in [3.63, 3.8) is 0 Å². The molecule has 0 saturated carbocycles. The Bertz CT molecular complexity index is 1610. The number of aromatic amines is 1. The predicted octanol–water partition coefficient (Wildman–Crippen LogP) is 6.14. The summed E-state index contributed by atoms with van der Waals surface area (Å²) in [6.45, 7) is 2.44. The molecule has 0 radical (unpaired) electrons. The lowest BCUT2D eigenvalue weighted by atomic mass is 9.87. The van der Waals surface area contributed by atoms with Gasteiger partial charge in [-0.1, -0.05) is 78.4 Å². The molecular weight excluding hydrogens is 512 g/mol. The molecule has 0 bridgehead atoms. The highest BCUT2D eigenvalue weighted by Gasteiger charge is 2.42. The predicted molar refractivity (Wildman–Crippen MR) is 150 cm³/mol. The van der Waals surface area contributed by atoms with Crippen molar-refractivity contribution in [2.45, 2.75) is 31.8 Å². The first kappa shape index (κ1) is 25.3. The van der Waals surface area contributed by atoms with Crippen LogP contribution in [0.4, 0.5) is 0 Å². The number of fused-ring (bicyclic) bond motifs is 1. The van der Waals surface area contributed by atoms with Crippen LogP contribution in [0.5, 0.6) is 5.88 Å². The number of H-pyrrole nitrogens is 1. The van der Waals surface area contributed by atoms with Crippen LogP contribution in [-0.2, 0) is 14.2 Å². The fourth-order valence-corrected chi connectivity index (χ4v) is 5.43. The molecule has 2 saturated heterocycles. The molecule has 0 amide bonds. The first-order valence-electron chi connectivity index (χ1n) is 12.9. The van der Waals surface area contributed by atoms with Crippen LogP contribution >= 0.6 is 12.2 Å². The lowest BCUT2D eigenvalue weighted by molar-refractivity contribution is -0.255. The molecule has 4 atom stereocenters. The van der Waals surface area contributed by atoms with Crippen LogP contribution in [0.3, 0.4) is 0 Å². The van der Waals surface area contributed by atoms with Crippen molar-refractivity contribution in [2.24, 2.45) is 5.92 Å². The number of aryl methyl sites for hydroxylation is 1. The Hall–Kier alpha value is -3.98. The Morgan fingerprint density at radius 3 is 2.33 bits per heavy atom. The maximum atomic E-state index is 13.1. The Balaban J connectivity index is 1.44. The molecule has 1 aromatic heterocycles. The molecule has 0 aliphatic carbocycles. The summed E-state index contributed by atoms with van der Waals surface area (Å²) < 4.78 is 20.6. The van der Waals surface area contributed by atoms with Crippen LogP contribution in [0.15, 0.2) is 95.5 Å². The fourth-order valence-electron chi connectivity index (χ4n) is 5.14. The molecule has 8 heteroatoms. The summed E-state index contributed by atoms with van der Waals surface area (Å²) >= 11 is 5.40. The largest absolute Gasteiger partial charge is 0.494 e. The second-order valence-electron chi connectivity index (χ2n) is 9.86. The zero-order valence-electron chi connectivity index (χ0n) is 21.3. The van der Waals surface area contributed by atoms with E-state index in [1.165, 1.54) is 4.57 Å². The van der Waals surface area contributed by atoms with Crippen molar-refractivity contribution in [1.29, 1.82) is 0 Å². The molecule has 4 aromatic rings. The van der Waals surface area contributed by atoms with E-state index in [0.717, 1.165) is 16.7 Å². The van der Waals surface area contributed by atoms with Gasteiger partial charge >= 0.3 is 0 Å². The van der Waals surface area contributed by atoms with Gasteiger partial charge in [0, 0.05) is 11.5 Å². The Kier molecular flexibility index (Phi) is 6.91. The van der Waals surface area contributed by atoms with Gasteiger partial charge in [0.2, 0.25) is 5.88 Å². The van der Waals surface area contributed by atoms with E-state index in [-0.39, 0.29) is 28.2 Å². The zero-order valence-corrected chi connectivity index (χ0v) is 22.1. The standard InChI is InChI=1S/C31H28N2O5S/c1-19-12-14-23(15-13-19)33-29(35)24(28(34)32-31(33)39)17-26-27-22(16-25(37-26)20-8-4-2-5-9-20)18-36-30(38-27)21-10-6-3-7-11-21/h2-15,17,22,25,27,30,35H,16,18H2,1H3,(H,32,34,39)/t22-,25?,27+,30+/m1/s1. The number of hydrogen-bond donors (Lipinski definition) is 2. The first-order chi connectivity index (χ1) is 19.0. The van der Waals surface area contributed by atoms with Gasteiger partial charge < -0.3 is 19.3 Å². The molecule has 2 fully saturated rings. The lowest BCUT2D eigenvalue weighted by Gasteiger charge is -2.43. The molecule has 6 rings (SSSR count). The molecule has 2 aliphatic heterocycles. The van der Waals surface area contributed by atoms with Crippen molar-refractivity contribution in [3.8, 4) is 11.6 Å². The third-order valence-electron chi connectivity index (χ3n) is 7.18. The highest BCUT2D eigenvalue weighted by atomic mass is 32.1. The number of nitrogens with one attached hydrogen (secondary N) is 1. The second-order valence-corrected chi connectivity index (χ2v) is 10.2. The average Bonchev–Trinajstić information content (AvgIpc) is 2.96. The van der Waals surface area contributed by atoms with Gasteiger partial charge in [0.15, 0.2) is 11.1 Å².